The number of ether oxygens (including phenoxy) is 2. The first-order valence-electron chi connectivity index (χ1n) is 11.8. The maximum atomic E-state index is 13.3. The number of rotatable bonds is 9. The highest BCUT2D eigenvalue weighted by molar-refractivity contribution is 7.93. The van der Waals surface area contributed by atoms with Crippen LogP contribution >= 0.6 is 0 Å². The zero-order chi connectivity index (χ0) is 26.5. The Bertz CT molecular complexity index is 1380. The van der Waals surface area contributed by atoms with Crippen molar-refractivity contribution in [1.82, 2.24) is 5.48 Å². The first-order chi connectivity index (χ1) is 17.8. The third-order valence-electron chi connectivity index (χ3n) is 6.42. The summed E-state index contributed by atoms with van der Waals surface area (Å²) in [5, 5.41) is 23.8. The number of amides is 2. The van der Waals surface area contributed by atoms with Crippen molar-refractivity contribution in [2.24, 2.45) is 0 Å². The molecule has 0 bridgehead atoms. The normalized spacial score (nSPS) is 15.2. The zero-order valence-electron chi connectivity index (χ0n) is 20.0. The number of phenolic OH excluding ortho intramolecular Hbond substituents is 1. The van der Waals surface area contributed by atoms with Crippen molar-refractivity contribution in [3.8, 4) is 11.5 Å². The molecule has 1 saturated heterocycles. The smallest absolute Gasteiger partial charge is 0.265 e. The Morgan fingerprint density at radius 3 is 2.30 bits per heavy atom. The van der Waals surface area contributed by atoms with Crippen molar-refractivity contribution in [2.75, 3.05) is 25.1 Å². The molecular formula is C26H28N2O8S. The van der Waals surface area contributed by atoms with Crippen LogP contribution in [-0.4, -0.2) is 55.1 Å². The van der Waals surface area contributed by atoms with Gasteiger partial charge in [0.15, 0.2) is 14.6 Å². The van der Waals surface area contributed by atoms with E-state index in [9.17, 15) is 23.1 Å². The zero-order valence-corrected chi connectivity index (χ0v) is 20.8. The number of nitrogens with one attached hydrogen (secondary N) is 2. The molecule has 1 aliphatic rings. The van der Waals surface area contributed by atoms with Crippen molar-refractivity contribution < 1.29 is 37.8 Å². The van der Waals surface area contributed by atoms with Gasteiger partial charge in [0, 0.05) is 19.6 Å². The van der Waals surface area contributed by atoms with Gasteiger partial charge < -0.3 is 19.9 Å². The first kappa shape index (κ1) is 26.4. The summed E-state index contributed by atoms with van der Waals surface area (Å²) in [5.41, 5.74) is 1.82. The number of sulfone groups is 1. The standard InChI is InChI=1S/C26H28N2O8S/c29-23-17-19-5-2-1-4-18(19)16-22(23)27-24(30)6-3-13-36-20-7-9-21(10-8-20)37(33,34)26(25(31)28-32)11-14-35-15-12-26/h1-2,4-5,7-10,16-17,29,32H,3,6,11-15H2,(H,27,30)(H,28,31). The van der Waals surface area contributed by atoms with Gasteiger partial charge in [-0.2, -0.15) is 0 Å². The van der Waals surface area contributed by atoms with Crippen molar-refractivity contribution in [3.05, 3.63) is 60.7 Å². The number of aromatic hydroxyl groups is 1. The molecule has 0 saturated carbocycles. The van der Waals surface area contributed by atoms with Crippen LogP contribution in [0.15, 0.2) is 65.6 Å². The first-order valence-corrected chi connectivity index (χ1v) is 13.3. The molecule has 0 aromatic heterocycles. The second-order valence-corrected chi connectivity index (χ2v) is 11.0. The van der Waals surface area contributed by atoms with E-state index < -0.39 is 20.5 Å². The Morgan fingerprint density at radius 1 is 1.00 bits per heavy atom. The monoisotopic (exact) mass is 528 g/mol. The topological polar surface area (TPSA) is 151 Å². The molecule has 0 spiro atoms. The van der Waals surface area contributed by atoms with Crippen molar-refractivity contribution >= 4 is 38.1 Å². The quantitative estimate of drug-likeness (QED) is 0.143. The van der Waals surface area contributed by atoms with Crippen LogP contribution in [0.1, 0.15) is 25.7 Å². The van der Waals surface area contributed by atoms with E-state index in [0.717, 1.165) is 10.8 Å². The molecular weight excluding hydrogens is 500 g/mol. The van der Waals surface area contributed by atoms with Crippen LogP contribution in [-0.2, 0) is 24.2 Å². The van der Waals surface area contributed by atoms with Gasteiger partial charge in [-0.3, -0.25) is 14.8 Å². The summed E-state index contributed by atoms with van der Waals surface area (Å²) in [4.78, 5) is 24.6. The Balaban J connectivity index is 1.31. The van der Waals surface area contributed by atoms with Crippen LogP contribution in [0.5, 0.6) is 11.5 Å². The lowest BCUT2D eigenvalue weighted by atomic mass is 9.98. The molecule has 0 radical (unpaired) electrons. The van der Waals surface area contributed by atoms with Gasteiger partial charge in [0.1, 0.15) is 11.5 Å². The highest BCUT2D eigenvalue weighted by Gasteiger charge is 2.52. The predicted octanol–water partition coefficient (Wildman–Crippen LogP) is 3.17. The number of anilines is 1. The minimum atomic E-state index is -4.12. The average molecular weight is 529 g/mol. The summed E-state index contributed by atoms with van der Waals surface area (Å²) < 4.78 is 35.6. The molecule has 196 valence electrons. The number of hydroxylamine groups is 1. The number of carbonyl (C=O) groups is 2. The highest BCUT2D eigenvalue weighted by atomic mass is 32.2. The fourth-order valence-corrected chi connectivity index (χ4v) is 6.26. The number of hydrogen-bond donors (Lipinski definition) is 4. The lowest BCUT2D eigenvalue weighted by molar-refractivity contribution is -0.134. The van der Waals surface area contributed by atoms with Crippen LogP contribution in [0.4, 0.5) is 5.69 Å². The van der Waals surface area contributed by atoms with Crippen molar-refractivity contribution in [1.29, 1.82) is 0 Å². The van der Waals surface area contributed by atoms with E-state index in [1.165, 1.54) is 29.7 Å². The maximum Gasteiger partial charge on any atom is 0.265 e. The molecule has 3 aromatic rings. The summed E-state index contributed by atoms with van der Waals surface area (Å²) in [7, 11) is -4.12. The third-order valence-corrected chi connectivity index (χ3v) is 8.93. The third kappa shape index (κ3) is 5.53. The fourth-order valence-electron chi connectivity index (χ4n) is 4.33. The van der Waals surface area contributed by atoms with E-state index in [2.05, 4.69) is 5.32 Å². The van der Waals surface area contributed by atoms with Gasteiger partial charge in [-0.1, -0.05) is 24.3 Å². The second kappa shape index (κ2) is 11.2. The molecule has 0 aliphatic carbocycles. The Labute approximate surface area is 214 Å². The lowest BCUT2D eigenvalue weighted by Crippen LogP contribution is -2.54. The Morgan fingerprint density at radius 2 is 1.65 bits per heavy atom. The van der Waals surface area contributed by atoms with Gasteiger partial charge in [-0.05, 0) is 66.4 Å². The van der Waals surface area contributed by atoms with E-state index in [4.69, 9.17) is 14.7 Å². The summed E-state index contributed by atoms with van der Waals surface area (Å²) in [6.45, 7) is 0.376. The Hall–Kier alpha value is -3.67. The number of fused-ring (bicyclic) bond motifs is 1. The van der Waals surface area contributed by atoms with Gasteiger partial charge in [-0.25, -0.2) is 13.9 Å². The SMILES string of the molecule is O=C(CCCOc1ccc(S(=O)(=O)C2(C(=O)NO)CCOCC2)cc1)Nc1cc2ccccc2cc1O. The fraction of sp³-hybridized carbons (Fsp3) is 0.308. The second-order valence-electron chi connectivity index (χ2n) is 8.74. The van der Waals surface area contributed by atoms with Crippen LogP contribution in [0.2, 0.25) is 0 Å². The van der Waals surface area contributed by atoms with Crippen LogP contribution in [0.25, 0.3) is 10.8 Å². The van der Waals surface area contributed by atoms with Gasteiger partial charge in [0.25, 0.3) is 5.91 Å². The molecule has 2 amide bonds. The molecule has 4 rings (SSSR count). The number of phenols is 1. The predicted molar refractivity (Wildman–Crippen MR) is 135 cm³/mol. The molecule has 0 atom stereocenters. The van der Waals surface area contributed by atoms with Gasteiger partial charge in [0.05, 0.1) is 17.2 Å². The molecule has 11 heteroatoms. The van der Waals surface area contributed by atoms with E-state index in [1.54, 1.807) is 12.1 Å². The molecule has 3 aromatic carbocycles. The van der Waals surface area contributed by atoms with Gasteiger partial charge >= 0.3 is 0 Å². The molecule has 10 nitrogen and oxygen atoms in total. The summed E-state index contributed by atoms with van der Waals surface area (Å²) in [5.74, 6) is -0.873. The maximum absolute atomic E-state index is 13.3. The van der Waals surface area contributed by atoms with E-state index >= 15 is 0 Å². The molecule has 0 unspecified atom stereocenters. The van der Waals surface area contributed by atoms with E-state index in [1.807, 2.05) is 24.3 Å². The van der Waals surface area contributed by atoms with Crippen molar-refractivity contribution in [2.45, 2.75) is 35.3 Å². The summed E-state index contributed by atoms with van der Waals surface area (Å²) >= 11 is 0. The van der Waals surface area contributed by atoms with E-state index in [-0.39, 0.29) is 55.6 Å². The van der Waals surface area contributed by atoms with Crippen molar-refractivity contribution in [3.63, 3.8) is 0 Å². The molecule has 37 heavy (non-hydrogen) atoms. The minimum absolute atomic E-state index is 0.0163. The highest BCUT2D eigenvalue weighted by Crippen LogP contribution is 2.36. The summed E-state index contributed by atoms with van der Waals surface area (Å²) in [6.07, 6.45) is 0.400. The van der Waals surface area contributed by atoms with Gasteiger partial charge in [0.2, 0.25) is 5.91 Å². The molecule has 1 aliphatic heterocycles. The Kier molecular flexibility index (Phi) is 7.96. The molecule has 4 N–H and O–H groups in total. The molecule has 1 heterocycles. The number of carbonyl (C=O) groups excluding carboxylic acids is 2. The lowest BCUT2D eigenvalue weighted by Gasteiger charge is -2.34. The summed E-state index contributed by atoms with van der Waals surface area (Å²) in [6, 6.07) is 16.5. The minimum Gasteiger partial charge on any atom is -0.506 e. The number of hydrogen-bond acceptors (Lipinski definition) is 8. The van der Waals surface area contributed by atoms with E-state index in [0.29, 0.717) is 17.9 Å². The molecule has 1 fully saturated rings. The van der Waals surface area contributed by atoms with Crippen LogP contribution < -0.4 is 15.5 Å². The largest absolute Gasteiger partial charge is 0.506 e. The van der Waals surface area contributed by atoms with Gasteiger partial charge in [-0.15, -0.1) is 0 Å². The van der Waals surface area contributed by atoms with Crippen LogP contribution in [0.3, 0.4) is 0 Å². The number of benzene rings is 3. The average Bonchev–Trinajstić information content (AvgIpc) is 2.91. The van der Waals surface area contributed by atoms with Crippen LogP contribution in [0, 0.1) is 0 Å².